The Morgan fingerprint density at radius 2 is 1.89 bits per heavy atom. The minimum absolute atomic E-state index is 0.270. The van der Waals surface area contributed by atoms with Crippen molar-refractivity contribution in [3.63, 3.8) is 0 Å². The van der Waals surface area contributed by atoms with Crippen molar-refractivity contribution in [3.05, 3.63) is 53.3 Å². The fourth-order valence-corrected chi connectivity index (χ4v) is 2.69. The largest absolute Gasteiger partial charge is 0.497 e. The molecule has 1 atom stereocenters. The summed E-state index contributed by atoms with van der Waals surface area (Å²) < 4.78 is 34.6. The molecule has 2 aromatic carbocycles. The van der Waals surface area contributed by atoms with E-state index in [1.54, 1.807) is 19.1 Å². The van der Waals surface area contributed by atoms with Gasteiger partial charge in [0, 0.05) is 6.07 Å². The summed E-state index contributed by atoms with van der Waals surface area (Å²) in [7, 11) is 1.39. The number of fused-ring (bicyclic) bond motifs is 1. The zero-order chi connectivity index (χ0) is 20.1. The second-order valence-electron chi connectivity index (χ2n) is 6.11. The minimum Gasteiger partial charge on any atom is -0.497 e. The van der Waals surface area contributed by atoms with Crippen LogP contribution in [0.5, 0.6) is 17.2 Å². The van der Waals surface area contributed by atoms with Crippen molar-refractivity contribution in [2.24, 2.45) is 0 Å². The van der Waals surface area contributed by atoms with Gasteiger partial charge in [-0.1, -0.05) is 6.07 Å². The molecule has 1 aliphatic rings. The maximum atomic E-state index is 13.9. The lowest BCUT2D eigenvalue weighted by atomic mass is 10.1. The number of esters is 1. The lowest BCUT2D eigenvalue weighted by Crippen LogP contribution is -2.31. The first-order valence-electron chi connectivity index (χ1n) is 8.67. The van der Waals surface area contributed by atoms with Gasteiger partial charge in [0.1, 0.15) is 24.8 Å². The van der Waals surface area contributed by atoms with Crippen molar-refractivity contribution in [1.29, 1.82) is 0 Å². The van der Waals surface area contributed by atoms with Gasteiger partial charge in [0.15, 0.2) is 18.1 Å². The first-order valence-corrected chi connectivity index (χ1v) is 8.67. The number of ether oxygens (including phenoxy) is 4. The number of rotatable bonds is 6. The van der Waals surface area contributed by atoms with Crippen molar-refractivity contribution < 1.29 is 32.9 Å². The molecule has 7 nitrogen and oxygen atoms in total. The van der Waals surface area contributed by atoms with Crippen LogP contribution in [0.25, 0.3) is 0 Å². The van der Waals surface area contributed by atoms with Crippen LogP contribution in [0.1, 0.15) is 28.9 Å². The van der Waals surface area contributed by atoms with Gasteiger partial charge in [-0.2, -0.15) is 0 Å². The van der Waals surface area contributed by atoms with Crippen LogP contribution in [0, 0.1) is 5.82 Å². The molecule has 0 bridgehead atoms. The zero-order valence-electron chi connectivity index (χ0n) is 15.5. The summed E-state index contributed by atoms with van der Waals surface area (Å²) in [5.74, 6) is -0.670. The number of nitrogens with one attached hydrogen (secondary N) is 1. The highest BCUT2D eigenvalue weighted by molar-refractivity contribution is 5.91. The summed E-state index contributed by atoms with van der Waals surface area (Å²) in [5, 5.41) is 2.72. The molecule has 1 heterocycles. The number of benzene rings is 2. The van der Waals surface area contributed by atoms with E-state index in [1.807, 2.05) is 6.07 Å². The second-order valence-corrected chi connectivity index (χ2v) is 6.11. The van der Waals surface area contributed by atoms with Crippen LogP contribution in [-0.4, -0.2) is 38.8 Å². The molecule has 0 spiro atoms. The summed E-state index contributed by atoms with van der Waals surface area (Å²) in [6, 6.07) is 8.78. The Morgan fingerprint density at radius 1 is 1.14 bits per heavy atom. The number of carbonyl (C=O) groups is 2. The van der Waals surface area contributed by atoms with Crippen LogP contribution < -0.4 is 19.5 Å². The van der Waals surface area contributed by atoms with E-state index in [9.17, 15) is 14.0 Å². The molecular weight excluding hydrogens is 369 g/mol. The Balaban J connectivity index is 1.54. The molecule has 0 aromatic heterocycles. The SMILES string of the molecule is COc1ccc(C(=O)OCC(=O)N[C@@H](C)c2ccc3c(c2)OCCO3)c(F)c1. The van der Waals surface area contributed by atoms with E-state index < -0.39 is 24.3 Å². The average molecular weight is 389 g/mol. The third-order valence-corrected chi connectivity index (χ3v) is 4.17. The monoisotopic (exact) mass is 389 g/mol. The van der Waals surface area contributed by atoms with E-state index >= 15 is 0 Å². The smallest absolute Gasteiger partial charge is 0.341 e. The summed E-state index contributed by atoms with van der Waals surface area (Å²) in [6.07, 6.45) is 0. The number of halogens is 1. The molecule has 0 radical (unpaired) electrons. The molecule has 3 rings (SSSR count). The number of carbonyl (C=O) groups excluding carboxylic acids is 2. The highest BCUT2D eigenvalue weighted by Crippen LogP contribution is 2.32. The van der Waals surface area contributed by atoms with Gasteiger partial charge >= 0.3 is 5.97 Å². The second kappa shape index (κ2) is 8.60. The Labute approximate surface area is 161 Å². The summed E-state index contributed by atoms with van der Waals surface area (Å²) >= 11 is 0. The van der Waals surface area contributed by atoms with Gasteiger partial charge < -0.3 is 24.3 Å². The fraction of sp³-hybridized carbons (Fsp3) is 0.300. The molecule has 148 valence electrons. The van der Waals surface area contributed by atoms with E-state index in [0.29, 0.717) is 24.7 Å². The zero-order valence-corrected chi connectivity index (χ0v) is 15.5. The summed E-state index contributed by atoms with van der Waals surface area (Å²) in [5.41, 5.74) is 0.540. The Hall–Kier alpha value is -3.29. The van der Waals surface area contributed by atoms with Crippen LogP contribution in [0.4, 0.5) is 4.39 Å². The van der Waals surface area contributed by atoms with Crippen molar-refractivity contribution in [2.45, 2.75) is 13.0 Å². The van der Waals surface area contributed by atoms with Gasteiger partial charge in [0.25, 0.3) is 5.91 Å². The molecule has 2 aromatic rings. The standard InChI is InChI=1S/C20H20FNO6/c1-12(13-3-6-17-18(9-13)27-8-7-26-17)22-19(23)11-28-20(24)15-5-4-14(25-2)10-16(15)21/h3-6,9-10,12H,7-8,11H2,1-2H3,(H,22,23)/t12-/m0/s1. The third-order valence-electron chi connectivity index (χ3n) is 4.17. The van der Waals surface area contributed by atoms with Crippen molar-refractivity contribution >= 4 is 11.9 Å². The Morgan fingerprint density at radius 3 is 2.61 bits per heavy atom. The topological polar surface area (TPSA) is 83.1 Å². The fourth-order valence-electron chi connectivity index (χ4n) is 2.69. The highest BCUT2D eigenvalue weighted by atomic mass is 19.1. The minimum atomic E-state index is -0.928. The predicted molar refractivity (Wildman–Crippen MR) is 97.2 cm³/mol. The van der Waals surface area contributed by atoms with Crippen LogP contribution in [0.15, 0.2) is 36.4 Å². The van der Waals surface area contributed by atoms with Crippen LogP contribution >= 0.6 is 0 Å². The first-order chi connectivity index (χ1) is 13.5. The van der Waals surface area contributed by atoms with Crippen LogP contribution in [0.3, 0.4) is 0 Å². The van der Waals surface area contributed by atoms with Gasteiger partial charge in [0.2, 0.25) is 0 Å². The van der Waals surface area contributed by atoms with E-state index in [2.05, 4.69) is 5.32 Å². The van der Waals surface area contributed by atoms with Gasteiger partial charge in [-0.05, 0) is 36.8 Å². The number of methoxy groups -OCH3 is 1. The Kier molecular flexibility index (Phi) is 5.98. The maximum Gasteiger partial charge on any atom is 0.341 e. The van der Waals surface area contributed by atoms with Gasteiger partial charge in [-0.25, -0.2) is 9.18 Å². The van der Waals surface area contributed by atoms with Crippen molar-refractivity contribution in [3.8, 4) is 17.2 Å². The molecular formula is C20H20FNO6. The lowest BCUT2D eigenvalue weighted by Gasteiger charge is -2.21. The molecule has 1 N–H and O–H groups in total. The molecule has 0 unspecified atom stereocenters. The van der Waals surface area contributed by atoms with E-state index in [-0.39, 0.29) is 17.4 Å². The number of amides is 1. The van der Waals surface area contributed by atoms with E-state index in [4.69, 9.17) is 18.9 Å². The number of hydrogen-bond donors (Lipinski definition) is 1. The molecule has 1 amide bonds. The normalized spacial score (nSPS) is 13.4. The van der Waals surface area contributed by atoms with Crippen LogP contribution in [-0.2, 0) is 9.53 Å². The first kappa shape index (κ1) is 19.5. The molecule has 1 aliphatic heterocycles. The predicted octanol–water partition coefficient (Wildman–Crippen LogP) is 2.64. The van der Waals surface area contributed by atoms with Crippen molar-refractivity contribution in [2.75, 3.05) is 26.9 Å². The molecule has 8 heteroatoms. The van der Waals surface area contributed by atoms with Crippen molar-refractivity contribution in [1.82, 2.24) is 5.32 Å². The quantitative estimate of drug-likeness (QED) is 0.765. The highest BCUT2D eigenvalue weighted by Gasteiger charge is 2.18. The van der Waals surface area contributed by atoms with Gasteiger partial charge in [0.05, 0.1) is 18.7 Å². The molecule has 0 saturated heterocycles. The van der Waals surface area contributed by atoms with Crippen LogP contribution in [0.2, 0.25) is 0 Å². The molecule has 0 aliphatic carbocycles. The average Bonchev–Trinajstić information content (AvgIpc) is 2.71. The molecule has 0 saturated carbocycles. The lowest BCUT2D eigenvalue weighted by molar-refractivity contribution is -0.124. The summed E-state index contributed by atoms with van der Waals surface area (Å²) in [4.78, 5) is 24.1. The molecule has 28 heavy (non-hydrogen) atoms. The van der Waals surface area contributed by atoms with Gasteiger partial charge in [-0.3, -0.25) is 4.79 Å². The Bertz CT molecular complexity index is 885. The number of hydrogen-bond acceptors (Lipinski definition) is 6. The van der Waals surface area contributed by atoms with E-state index in [1.165, 1.54) is 19.2 Å². The third kappa shape index (κ3) is 4.51. The summed E-state index contributed by atoms with van der Waals surface area (Å²) in [6.45, 7) is 2.22. The van der Waals surface area contributed by atoms with Gasteiger partial charge in [-0.15, -0.1) is 0 Å². The maximum absolute atomic E-state index is 13.9. The van der Waals surface area contributed by atoms with E-state index in [0.717, 1.165) is 11.6 Å². The molecule has 0 fully saturated rings.